The van der Waals surface area contributed by atoms with Crippen LogP contribution in [0.1, 0.15) is 24.2 Å². The highest BCUT2D eigenvalue weighted by Crippen LogP contribution is 2.24. The van der Waals surface area contributed by atoms with Crippen LogP contribution in [-0.4, -0.2) is 33.0 Å². The summed E-state index contributed by atoms with van der Waals surface area (Å²) in [6.07, 6.45) is 0.902. The Morgan fingerprint density at radius 3 is 2.73 bits per heavy atom. The zero-order valence-corrected chi connectivity index (χ0v) is 15.0. The highest BCUT2D eigenvalue weighted by Gasteiger charge is 2.18. The topological polar surface area (TPSA) is 94.1 Å². The molecule has 1 aromatic carbocycles. The van der Waals surface area contributed by atoms with Crippen molar-refractivity contribution < 1.29 is 14.3 Å². The number of hydrogen-bond donors (Lipinski definition) is 1. The molecule has 0 saturated heterocycles. The van der Waals surface area contributed by atoms with Crippen LogP contribution in [0.5, 0.6) is 5.75 Å². The van der Waals surface area contributed by atoms with Crippen molar-refractivity contribution in [2.24, 2.45) is 0 Å². The third kappa shape index (κ3) is 4.28. The number of amides is 1. The number of hydrogen-bond acceptors (Lipinski definition) is 7. The molecule has 0 aliphatic carbocycles. The summed E-state index contributed by atoms with van der Waals surface area (Å²) in [6.45, 7) is 3.10. The van der Waals surface area contributed by atoms with Crippen molar-refractivity contribution in [3.05, 3.63) is 54.2 Å². The summed E-state index contributed by atoms with van der Waals surface area (Å²) in [5.41, 5.74) is 1.22. The predicted octanol–water partition coefficient (Wildman–Crippen LogP) is 3.21. The quantitative estimate of drug-likeness (QED) is 0.672. The maximum Gasteiger partial charge on any atom is 0.266 e. The SMILES string of the molecule is CC(=O)c1cccc(OC(C)C(=O)Nc2nnc(-c3ccccn3)s2)c1. The van der Waals surface area contributed by atoms with Crippen LogP contribution in [-0.2, 0) is 4.79 Å². The highest BCUT2D eigenvalue weighted by atomic mass is 32.1. The first-order chi connectivity index (χ1) is 12.5. The number of carbonyl (C=O) groups is 2. The molecule has 8 heteroatoms. The predicted molar refractivity (Wildman–Crippen MR) is 98.3 cm³/mol. The van der Waals surface area contributed by atoms with Gasteiger partial charge in [0.1, 0.15) is 11.4 Å². The van der Waals surface area contributed by atoms with Gasteiger partial charge in [-0.15, -0.1) is 10.2 Å². The Balaban J connectivity index is 1.64. The molecule has 1 amide bonds. The third-order valence-electron chi connectivity index (χ3n) is 3.46. The van der Waals surface area contributed by atoms with Crippen molar-refractivity contribution in [3.63, 3.8) is 0 Å². The van der Waals surface area contributed by atoms with E-state index < -0.39 is 6.10 Å². The Hall–Kier alpha value is -3.13. The summed E-state index contributed by atoms with van der Waals surface area (Å²) in [7, 11) is 0. The van der Waals surface area contributed by atoms with Crippen LogP contribution in [0.2, 0.25) is 0 Å². The number of carbonyl (C=O) groups excluding carboxylic acids is 2. The Bertz CT molecular complexity index is 927. The Kier molecular flexibility index (Phi) is 5.33. The molecule has 3 aromatic rings. The number of aromatic nitrogens is 3. The second-order valence-electron chi connectivity index (χ2n) is 5.46. The number of nitrogens with zero attached hydrogens (tertiary/aromatic N) is 3. The molecule has 1 N–H and O–H groups in total. The van der Waals surface area contributed by atoms with Gasteiger partial charge in [-0.2, -0.15) is 0 Å². The number of pyridine rings is 1. The lowest BCUT2D eigenvalue weighted by atomic mass is 10.1. The van der Waals surface area contributed by atoms with Crippen LogP contribution in [0.4, 0.5) is 5.13 Å². The summed E-state index contributed by atoms with van der Waals surface area (Å²) in [5.74, 6) is 0.0252. The first-order valence-electron chi connectivity index (χ1n) is 7.86. The molecular formula is C18H16N4O3S. The lowest BCUT2D eigenvalue weighted by Crippen LogP contribution is -2.30. The molecule has 2 heterocycles. The molecule has 1 atom stereocenters. The van der Waals surface area contributed by atoms with Gasteiger partial charge in [0.05, 0.1) is 0 Å². The molecule has 0 spiro atoms. The second-order valence-corrected chi connectivity index (χ2v) is 6.44. The number of nitrogens with one attached hydrogen (secondary N) is 1. The van der Waals surface area contributed by atoms with Crippen molar-refractivity contribution in [1.82, 2.24) is 15.2 Å². The number of benzene rings is 1. The van der Waals surface area contributed by atoms with Gasteiger partial charge in [0.15, 0.2) is 16.9 Å². The highest BCUT2D eigenvalue weighted by molar-refractivity contribution is 7.18. The average molecular weight is 368 g/mol. The fourth-order valence-electron chi connectivity index (χ4n) is 2.12. The van der Waals surface area contributed by atoms with Crippen LogP contribution in [0, 0.1) is 0 Å². The van der Waals surface area contributed by atoms with E-state index in [0.717, 1.165) is 0 Å². The van der Waals surface area contributed by atoms with Gasteiger partial charge < -0.3 is 4.74 Å². The Morgan fingerprint density at radius 2 is 2.00 bits per heavy atom. The number of ketones is 1. The van der Waals surface area contributed by atoms with Crippen LogP contribution in [0.25, 0.3) is 10.7 Å². The lowest BCUT2D eigenvalue weighted by Gasteiger charge is -2.14. The van der Waals surface area contributed by atoms with Crippen LogP contribution >= 0.6 is 11.3 Å². The van der Waals surface area contributed by atoms with Crippen molar-refractivity contribution in [2.45, 2.75) is 20.0 Å². The maximum absolute atomic E-state index is 12.3. The molecule has 3 rings (SSSR count). The van der Waals surface area contributed by atoms with Gasteiger partial charge in [-0.25, -0.2) is 0 Å². The van der Waals surface area contributed by atoms with E-state index in [1.807, 2.05) is 18.2 Å². The fourth-order valence-corrected chi connectivity index (χ4v) is 2.84. The molecule has 0 aliphatic rings. The van der Waals surface area contributed by atoms with E-state index >= 15 is 0 Å². The van der Waals surface area contributed by atoms with E-state index in [1.165, 1.54) is 18.3 Å². The zero-order chi connectivity index (χ0) is 18.5. The Labute approximate surface area is 154 Å². The second kappa shape index (κ2) is 7.83. The van der Waals surface area contributed by atoms with E-state index in [1.54, 1.807) is 37.4 Å². The maximum atomic E-state index is 12.3. The van der Waals surface area contributed by atoms with E-state index in [-0.39, 0.29) is 11.7 Å². The van der Waals surface area contributed by atoms with Crippen LogP contribution < -0.4 is 10.1 Å². The summed E-state index contributed by atoms with van der Waals surface area (Å²) >= 11 is 1.23. The largest absolute Gasteiger partial charge is 0.481 e. The standard InChI is InChI=1S/C18H16N4O3S/c1-11(23)13-6-5-7-14(10-13)25-12(2)16(24)20-18-22-21-17(26-18)15-8-3-4-9-19-15/h3-10,12H,1-2H3,(H,20,22,24). The monoisotopic (exact) mass is 368 g/mol. The molecule has 132 valence electrons. The third-order valence-corrected chi connectivity index (χ3v) is 4.32. The summed E-state index contributed by atoms with van der Waals surface area (Å²) in [4.78, 5) is 27.9. The number of Topliss-reactive ketones (excluding diaryl/α,β-unsaturated/α-hetero) is 1. The minimum absolute atomic E-state index is 0.0662. The average Bonchev–Trinajstić information content (AvgIpc) is 3.11. The van der Waals surface area contributed by atoms with Gasteiger partial charge in [-0.3, -0.25) is 19.9 Å². The molecule has 26 heavy (non-hydrogen) atoms. The van der Waals surface area contributed by atoms with E-state index in [4.69, 9.17) is 4.74 Å². The van der Waals surface area contributed by atoms with Gasteiger partial charge in [-0.05, 0) is 38.1 Å². The molecule has 0 radical (unpaired) electrons. The zero-order valence-electron chi connectivity index (χ0n) is 14.2. The molecule has 0 aliphatic heterocycles. The molecule has 0 fully saturated rings. The summed E-state index contributed by atoms with van der Waals surface area (Å²) in [6, 6.07) is 12.2. The minimum Gasteiger partial charge on any atom is -0.481 e. The van der Waals surface area contributed by atoms with Gasteiger partial charge in [0.2, 0.25) is 5.13 Å². The van der Waals surface area contributed by atoms with Crippen LogP contribution in [0.3, 0.4) is 0 Å². The van der Waals surface area contributed by atoms with Crippen molar-refractivity contribution in [3.8, 4) is 16.5 Å². The van der Waals surface area contributed by atoms with E-state index in [0.29, 0.717) is 27.1 Å². The van der Waals surface area contributed by atoms with Crippen molar-refractivity contribution >= 4 is 28.2 Å². The van der Waals surface area contributed by atoms with Crippen molar-refractivity contribution in [1.29, 1.82) is 0 Å². The van der Waals surface area contributed by atoms with E-state index in [2.05, 4.69) is 20.5 Å². The van der Waals surface area contributed by atoms with Crippen LogP contribution in [0.15, 0.2) is 48.7 Å². The normalized spacial score (nSPS) is 11.6. The number of rotatable bonds is 6. The molecule has 0 bridgehead atoms. The summed E-state index contributed by atoms with van der Waals surface area (Å²) in [5, 5.41) is 11.6. The smallest absolute Gasteiger partial charge is 0.266 e. The van der Waals surface area contributed by atoms with Gasteiger partial charge >= 0.3 is 0 Å². The van der Waals surface area contributed by atoms with Gasteiger partial charge in [0, 0.05) is 11.8 Å². The summed E-state index contributed by atoms with van der Waals surface area (Å²) < 4.78 is 5.61. The number of anilines is 1. The van der Waals surface area contributed by atoms with Crippen molar-refractivity contribution in [2.75, 3.05) is 5.32 Å². The van der Waals surface area contributed by atoms with Gasteiger partial charge in [0.25, 0.3) is 5.91 Å². The number of ether oxygens (including phenoxy) is 1. The first kappa shape index (κ1) is 17.7. The molecule has 0 saturated carbocycles. The lowest BCUT2D eigenvalue weighted by molar-refractivity contribution is -0.122. The molecule has 7 nitrogen and oxygen atoms in total. The molecule has 1 unspecified atom stereocenters. The van der Waals surface area contributed by atoms with Gasteiger partial charge in [-0.1, -0.05) is 29.5 Å². The minimum atomic E-state index is -0.764. The fraction of sp³-hybridized carbons (Fsp3) is 0.167. The van der Waals surface area contributed by atoms with E-state index in [9.17, 15) is 9.59 Å². The molecule has 2 aromatic heterocycles. The molecular weight excluding hydrogens is 352 g/mol. The Morgan fingerprint density at radius 1 is 1.15 bits per heavy atom. The first-order valence-corrected chi connectivity index (χ1v) is 8.68.